The van der Waals surface area contributed by atoms with Crippen LogP contribution in [-0.4, -0.2) is 62.0 Å². The lowest BCUT2D eigenvalue weighted by molar-refractivity contribution is -0.138. The molecule has 1 saturated carbocycles. The zero-order valence-electron chi connectivity index (χ0n) is 31.3. The molecule has 2 fully saturated rings. The van der Waals surface area contributed by atoms with Crippen molar-refractivity contribution in [3.8, 4) is 28.4 Å². The molecule has 6 heterocycles. The van der Waals surface area contributed by atoms with E-state index in [2.05, 4.69) is 25.3 Å². The van der Waals surface area contributed by atoms with Crippen molar-refractivity contribution < 1.29 is 37.0 Å². The first kappa shape index (κ1) is 35.9. The Morgan fingerprint density at radius 1 is 0.850 bits per heavy atom. The van der Waals surface area contributed by atoms with Crippen molar-refractivity contribution in [1.29, 1.82) is 0 Å². The van der Waals surface area contributed by atoms with E-state index in [0.717, 1.165) is 34.2 Å². The summed E-state index contributed by atoms with van der Waals surface area (Å²) in [5, 5.41) is 2.92. The normalized spacial score (nSPS) is 20.4. The highest BCUT2D eigenvalue weighted by Gasteiger charge is 2.61. The van der Waals surface area contributed by atoms with E-state index < -0.39 is 23.7 Å². The second kappa shape index (κ2) is 13.1. The van der Waals surface area contributed by atoms with Crippen LogP contribution < -0.4 is 31.3 Å². The summed E-state index contributed by atoms with van der Waals surface area (Å²) in [4.78, 5) is 67.2. The fraction of sp³-hybridized carbons (Fsp3) is 0.182. The SMILES string of the molecule is O=C1CCC(N2Cc3ccc(Bc4ccc(-c5cc6c(Oc7ccc8c(c7)[C@@H]7[C@H](O8)[C@H]7c7nc8cc(C(F)(F)F)ccc8[nH]7)ccnc6[nH]c5=O)cc4)cc3C2=O)C(=O)N1. The van der Waals surface area contributed by atoms with E-state index in [9.17, 15) is 32.3 Å². The minimum absolute atomic E-state index is 0.0492. The summed E-state index contributed by atoms with van der Waals surface area (Å²) in [6, 6.07) is 25.1. The second-order valence-electron chi connectivity index (χ2n) is 15.6. The van der Waals surface area contributed by atoms with Crippen molar-refractivity contribution in [3.63, 3.8) is 0 Å². The largest absolute Gasteiger partial charge is 0.489 e. The van der Waals surface area contributed by atoms with Crippen LogP contribution in [0.1, 0.15) is 57.6 Å². The lowest BCUT2D eigenvalue weighted by Crippen LogP contribution is -2.52. The molecule has 296 valence electrons. The number of aromatic nitrogens is 4. The third-order valence-electron chi connectivity index (χ3n) is 11.9. The Balaban J connectivity index is 0.807. The van der Waals surface area contributed by atoms with Crippen molar-refractivity contribution in [2.75, 3.05) is 0 Å². The van der Waals surface area contributed by atoms with Gasteiger partial charge in [0.25, 0.3) is 11.5 Å². The van der Waals surface area contributed by atoms with Crippen LogP contribution in [0.25, 0.3) is 33.2 Å². The molecule has 4 aliphatic rings. The van der Waals surface area contributed by atoms with Crippen LogP contribution >= 0.6 is 0 Å². The maximum Gasteiger partial charge on any atom is 0.416 e. The number of amides is 3. The number of rotatable bonds is 7. The lowest BCUT2D eigenvalue weighted by atomic mass is 9.63. The summed E-state index contributed by atoms with van der Waals surface area (Å²) in [5.74, 6) is 1.08. The highest BCUT2D eigenvalue weighted by molar-refractivity contribution is 6.67. The van der Waals surface area contributed by atoms with Gasteiger partial charge in [0, 0.05) is 41.8 Å². The van der Waals surface area contributed by atoms with E-state index >= 15 is 0 Å². The molecule has 4 aromatic carbocycles. The monoisotopic (exact) mass is 806 g/mol. The van der Waals surface area contributed by atoms with Crippen molar-refractivity contribution in [2.45, 2.75) is 49.5 Å². The summed E-state index contributed by atoms with van der Waals surface area (Å²) >= 11 is 0. The Morgan fingerprint density at radius 2 is 1.68 bits per heavy atom. The number of nitrogens with one attached hydrogen (secondary N) is 3. The number of benzene rings is 4. The summed E-state index contributed by atoms with van der Waals surface area (Å²) in [6.07, 6.45) is -2.61. The highest BCUT2D eigenvalue weighted by Crippen LogP contribution is 2.63. The van der Waals surface area contributed by atoms with E-state index in [1.807, 2.05) is 54.6 Å². The van der Waals surface area contributed by atoms with Gasteiger partial charge in [-0.05, 0) is 66.1 Å². The molecule has 3 N–H and O–H groups in total. The number of H-pyrrole nitrogens is 2. The van der Waals surface area contributed by atoms with Crippen LogP contribution in [0, 0.1) is 0 Å². The lowest BCUT2D eigenvalue weighted by Gasteiger charge is -2.29. The third-order valence-corrected chi connectivity index (χ3v) is 11.9. The van der Waals surface area contributed by atoms with Crippen LogP contribution in [0.3, 0.4) is 0 Å². The van der Waals surface area contributed by atoms with Gasteiger partial charge in [-0.15, -0.1) is 0 Å². The molecule has 7 aromatic rings. The van der Waals surface area contributed by atoms with Gasteiger partial charge < -0.3 is 24.3 Å². The number of hydrogen-bond acceptors (Lipinski definition) is 8. The average Bonchev–Trinajstić information content (AvgIpc) is 3.44. The number of carbonyl (C=O) groups is 3. The summed E-state index contributed by atoms with van der Waals surface area (Å²) in [7, 11) is 0.532. The van der Waals surface area contributed by atoms with E-state index in [1.54, 1.807) is 24.4 Å². The van der Waals surface area contributed by atoms with E-state index in [4.69, 9.17) is 9.47 Å². The molecule has 3 aliphatic heterocycles. The van der Waals surface area contributed by atoms with Crippen molar-refractivity contribution in [1.82, 2.24) is 30.2 Å². The number of halogens is 3. The predicted molar refractivity (Wildman–Crippen MR) is 214 cm³/mol. The molecule has 1 aliphatic carbocycles. The Bertz CT molecular complexity index is 3060. The van der Waals surface area contributed by atoms with Crippen LogP contribution in [0.5, 0.6) is 17.2 Å². The molecule has 3 amide bonds. The molecular weight excluding hydrogens is 776 g/mol. The maximum atomic E-state index is 13.3. The molecule has 1 unspecified atom stereocenters. The number of alkyl halides is 3. The van der Waals surface area contributed by atoms with E-state index in [0.29, 0.717) is 76.6 Å². The number of ether oxygens (including phenoxy) is 2. The number of hydrogen-bond donors (Lipinski definition) is 3. The van der Waals surface area contributed by atoms with Gasteiger partial charge in [-0.1, -0.05) is 53.4 Å². The number of imide groups is 1. The molecule has 0 bridgehead atoms. The van der Waals surface area contributed by atoms with Gasteiger partial charge in [0.05, 0.1) is 27.9 Å². The van der Waals surface area contributed by atoms with Crippen molar-refractivity contribution >= 4 is 58.0 Å². The number of nitrogens with zero attached hydrogens (tertiary/aromatic N) is 3. The Kier molecular flexibility index (Phi) is 7.86. The number of carbonyl (C=O) groups excluding carboxylic acids is 3. The predicted octanol–water partition coefficient (Wildman–Crippen LogP) is 5.07. The number of aromatic amines is 2. The van der Waals surface area contributed by atoms with Crippen molar-refractivity contribution in [3.05, 3.63) is 136 Å². The van der Waals surface area contributed by atoms with Gasteiger partial charge in [-0.25, -0.2) is 9.97 Å². The average molecular weight is 807 g/mol. The number of pyridine rings is 2. The standard InChI is InChI=1S/C44H30BF3N6O6/c46-44(47,48)22-4-9-30-31(15-22)51-40(50-30)37-36-28-17-25(8-11-33(28)60-38(36)37)59-34-13-14-49-39-29(34)18-26(41(56)53-39)20-1-5-23(6-2-20)45-24-7-3-21-19-54(43(58)27(21)16-24)32-10-12-35(55)52-42(32)57/h1-9,11,13-18,32,36-38,45H,10,12,19H2,(H,50,51)(H,49,53,56)(H,52,55,57)/t32?,36-,37-,38-/m0/s1. The van der Waals surface area contributed by atoms with Crippen LogP contribution in [-0.2, 0) is 22.3 Å². The first-order chi connectivity index (χ1) is 28.9. The Labute approximate surface area is 338 Å². The molecule has 0 radical (unpaired) electrons. The topological polar surface area (TPSA) is 159 Å². The molecular formula is C44H30BF3N6O6. The smallest absolute Gasteiger partial charge is 0.416 e. The molecule has 11 rings (SSSR count). The zero-order valence-corrected chi connectivity index (χ0v) is 31.3. The quantitative estimate of drug-likeness (QED) is 0.149. The highest BCUT2D eigenvalue weighted by atomic mass is 19.4. The fourth-order valence-corrected chi connectivity index (χ4v) is 8.85. The number of fused-ring (bicyclic) bond motifs is 6. The minimum Gasteiger partial charge on any atom is -0.489 e. The number of imidazole rings is 1. The zero-order chi connectivity index (χ0) is 41.0. The first-order valence-corrected chi connectivity index (χ1v) is 19.4. The summed E-state index contributed by atoms with van der Waals surface area (Å²) in [6.45, 7) is 0.313. The summed E-state index contributed by atoms with van der Waals surface area (Å²) < 4.78 is 52.5. The van der Waals surface area contributed by atoms with Gasteiger partial charge in [-0.2, -0.15) is 13.2 Å². The molecule has 1 saturated heterocycles. The molecule has 12 nitrogen and oxygen atoms in total. The Morgan fingerprint density at radius 3 is 2.50 bits per heavy atom. The Hall–Kier alpha value is -7.23. The minimum atomic E-state index is -4.46. The fourth-order valence-electron chi connectivity index (χ4n) is 8.85. The van der Waals surface area contributed by atoms with E-state index in [-0.39, 0.29) is 47.3 Å². The second-order valence-corrected chi connectivity index (χ2v) is 15.6. The van der Waals surface area contributed by atoms with Gasteiger partial charge in [-0.3, -0.25) is 24.5 Å². The third kappa shape index (κ3) is 6.00. The molecule has 60 heavy (non-hydrogen) atoms. The van der Waals surface area contributed by atoms with Gasteiger partial charge in [0.1, 0.15) is 40.9 Å². The molecule has 0 spiro atoms. The first-order valence-electron chi connectivity index (χ1n) is 19.4. The van der Waals surface area contributed by atoms with Crippen LogP contribution in [0.4, 0.5) is 13.2 Å². The summed E-state index contributed by atoms with van der Waals surface area (Å²) in [5.41, 5.74) is 5.32. The van der Waals surface area contributed by atoms with E-state index in [1.165, 1.54) is 11.0 Å². The van der Waals surface area contributed by atoms with Gasteiger partial charge in [0.2, 0.25) is 11.8 Å². The molecule has 3 aromatic heterocycles. The molecule has 4 atom stereocenters. The number of piperidine rings is 1. The van der Waals surface area contributed by atoms with Crippen LogP contribution in [0.2, 0.25) is 0 Å². The maximum absolute atomic E-state index is 13.3. The van der Waals surface area contributed by atoms with Gasteiger partial charge in [0.15, 0.2) is 7.28 Å². The van der Waals surface area contributed by atoms with Crippen LogP contribution in [0.15, 0.2) is 102 Å². The van der Waals surface area contributed by atoms with Gasteiger partial charge >= 0.3 is 6.18 Å². The van der Waals surface area contributed by atoms with Crippen molar-refractivity contribution in [2.24, 2.45) is 0 Å². The molecule has 16 heteroatoms.